The van der Waals surface area contributed by atoms with E-state index in [1.54, 1.807) is 36.4 Å². The van der Waals surface area contributed by atoms with Gasteiger partial charge in [-0.2, -0.15) is 0 Å². The number of pyridine rings is 2. The Hall–Kier alpha value is -5.14. The third kappa shape index (κ3) is 6.22. The highest BCUT2D eigenvalue weighted by molar-refractivity contribution is 7.92. The molecule has 5 rings (SSSR count). The minimum atomic E-state index is -4.45. The maximum atomic E-state index is 14.3. The summed E-state index contributed by atoms with van der Waals surface area (Å²) in [6.07, 6.45) is 1.49. The van der Waals surface area contributed by atoms with Crippen LogP contribution in [0.2, 0.25) is 0 Å². The molecule has 0 aliphatic rings. The maximum Gasteiger partial charge on any atom is 0.264 e. The number of carbonyl (C=O) groups excluding carboxylic acids is 1. The van der Waals surface area contributed by atoms with Crippen LogP contribution in [0.4, 0.5) is 20.3 Å². The summed E-state index contributed by atoms with van der Waals surface area (Å²) in [5.41, 5.74) is 9.77. The monoisotopic (exact) mass is 605 g/mol. The molecule has 5 aromatic rings. The van der Waals surface area contributed by atoms with E-state index in [2.05, 4.69) is 20.0 Å². The predicted octanol–water partition coefficient (Wildman–Crippen LogP) is 4.36. The van der Waals surface area contributed by atoms with Crippen molar-refractivity contribution in [2.24, 2.45) is 0 Å². The zero-order valence-corrected chi connectivity index (χ0v) is 23.5. The molecule has 43 heavy (non-hydrogen) atoms. The van der Waals surface area contributed by atoms with Crippen molar-refractivity contribution in [3.63, 3.8) is 0 Å². The highest BCUT2D eigenvalue weighted by Crippen LogP contribution is 2.34. The number of nitrogens with two attached hydrogens (primary N) is 1. The number of nitrogens with zero attached hydrogens (tertiary/aromatic N) is 2. The molecule has 0 aliphatic heterocycles. The number of fused-ring (bicyclic) bond motifs is 1. The first-order valence-corrected chi connectivity index (χ1v) is 14.3. The average molecular weight is 606 g/mol. The van der Waals surface area contributed by atoms with Crippen LogP contribution >= 0.6 is 0 Å². The number of aliphatic hydroxyl groups excluding tert-OH is 1. The van der Waals surface area contributed by atoms with Gasteiger partial charge in [0.2, 0.25) is 5.88 Å². The van der Waals surface area contributed by atoms with Crippen molar-refractivity contribution in [3.05, 3.63) is 96.2 Å². The van der Waals surface area contributed by atoms with Gasteiger partial charge in [0.05, 0.1) is 19.2 Å². The maximum absolute atomic E-state index is 14.3. The van der Waals surface area contributed by atoms with Gasteiger partial charge < -0.3 is 20.9 Å². The second-order valence-electron chi connectivity index (χ2n) is 9.35. The minimum Gasteiger partial charge on any atom is -0.480 e. The Morgan fingerprint density at radius 3 is 2.42 bits per heavy atom. The molecule has 1 amide bonds. The third-order valence-corrected chi connectivity index (χ3v) is 7.90. The number of nitrogens with one attached hydrogen (secondary N) is 2. The van der Waals surface area contributed by atoms with Gasteiger partial charge in [-0.25, -0.2) is 27.2 Å². The van der Waals surface area contributed by atoms with Crippen LogP contribution in [-0.4, -0.2) is 49.7 Å². The highest BCUT2D eigenvalue weighted by atomic mass is 32.2. The summed E-state index contributed by atoms with van der Waals surface area (Å²) in [4.78, 5) is 20.1. The summed E-state index contributed by atoms with van der Waals surface area (Å²) in [5.74, 6) is -2.24. The van der Waals surface area contributed by atoms with Crippen molar-refractivity contribution in [1.82, 2.24) is 15.3 Å². The van der Waals surface area contributed by atoms with Gasteiger partial charge in [-0.05, 0) is 59.7 Å². The molecule has 0 aliphatic carbocycles. The number of anilines is 2. The second-order valence-corrected chi connectivity index (χ2v) is 11.0. The smallest absolute Gasteiger partial charge is 0.264 e. The van der Waals surface area contributed by atoms with E-state index in [-0.39, 0.29) is 36.4 Å². The Morgan fingerprint density at radius 2 is 1.72 bits per heavy atom. The molecule has 0 saturated carbocycles. The molecule has 0 bridgehead atoms. The molecule has 0 unspecified atom stereocenters. The van der Waals surface area contributed by atoms with Crippen molar-refractivity contribution in [3.8, 4) is 28.1 Å². The SMILES string of the molecule is COc1ncc(-c2ccc3nc(N)c(-c4ccc(C(=O)NCCO)cc4)cc3c2)cc1NS(=O)(=O)c1ccc(F)cc1F. The molecular formula is C30H25F2N5O5S. The van der Waals surface area contributed by atoms with E-state index in [0.717, 1.165) is 23.1 Å². The van der Waals surface area contributed by atoms with Crippen molar-refractivity contribution < 1.29 is 31.8 Å². The van der Waals surface area contributed by atoms with Crippen LogP contribution in [0.3, 0.4) is 0 Å². The zero-order valence-electron chi connectivity index (χ0n) is 22.6. The van der Waals surface area contributed by atoms with Crippen LogP contribution in [0, 0.1) is 11.6 Å². The molecule has 13 heteroatoms. The molecule has 2 heterocycles. The van der Waals surface area contributed by atoms with Crippen LogP contribution in [0.15, 0.2) is 83.9 Å². The van der Waals surface area contributed by atoms with Crippen LogP contribution in [0.25, 0.3) is 33.2 Å². The van der Waals surface area contributed by atoms with Crippen LogP contribution in [0.1, 0.15) is 10.4 Å². The number of rotatable bonds is 9. The molecule has 0 spiro atoms. The van der Waals surface area contributed by atoms with Crippen LogP contribution in [0.5, 0.6) is 5.88 Å². The highest BCUT2D eigenvalue weighted by Gasteiger charge is 2.22. The van der Waals surface area contributed by atoms with Gasteiger partial charge in [0.25, 0.3) is 15.9 Å². The van der Waals surface area contributed by atoms with Gasteiger partial charge in [0.15, 0.2) is 0 Å². The lowest BCUT2D eigenvalue weighted by Gasteiger charge is -2.14. The summed E-state index contributed by atoms with van der Waals surface area (Å²) in [7, 11) is -3.15. The number of aromatic nitrogens is 2. The first-order chi connectivity index (χ1) is 20.6. The van der Waals surface area contributed by atoms with E-state index < -0.39 is 26.6 Å². The van der Waals surface area contributed by atoms with E-state index in [0.29, 0.717) is 33.8 Å². The number of amides is 1. The van der Waals surface area contributed by atoms with E-state index in [9.17, 15) is 22.0 Å². The van der Waals surface area contributed by atoms with E-state index in [1.165, 1.54) is 19.4 Å². The van der Waals surface area contributed by atoms with Gasteiger partial charge in [-0.1, -0.05) is 18.2 Å². The van der Waals surface area contributed by atoms with Gasteiger partial charge in [-0.15, -0.1) is 0 Å². The summed E-state index contributed by atoms with van der Waals surface area (Å²) in [6.45, 7) is -0.0149. The quantitative estimate of drug-likeness (QED) is 0.193. The molecule has 0 atom stereocenters. The summed E-state index contributed by atoms with van der Waals surface area (Å²) < 4.78 is 60.9. The second kappa shape index (κ2) is 12.0. The Bertz CT molecular complexity index is 1950. The zero-order chi connectivity index (χ0) is 30.7. The van der Waals surface area contributed by atoms with Crippen molar-refractivity contribution in [1.29, 1.82) is 0 Å². The summed E-state index contributed by atoms with van der Waals surface area (Å²) >= 11 is 0. The Labute approximate surface area is 245 Å². The van der Waals surface area contributed by atoms with E-state index >= 15 is 0 Å². The lowest BCUT2D eigenvalue weighted by molar-refractivity contribution is 0.0944. The topological polar surface area (TPSA) is 157 Å². The van der Waals surface area contributed by atoms with Gasteiger partial charge in [0.1, 0.15) is 28.0 Å². The average Bonchev–Trinajstić information content (AvgIpc) is 2.99. The van der Waals surface area contributed by atoms with Crippen molar-refractivity contribution in [2.75, 3.05) is 30.7 Å². The van der Waals surface area contributed by atoms with E-state index in [4.69, 9.17) is 15.6 Å². The van der Waals surface area contributed by atoms with Gasteiger partial charge in [0, 0.05) is 40.9 Å². The van der Waals surface area contributed by atoms with E-state index in [1.807, 2.05) is 12.1 Å². The number of hydrogen-bond donors (Lipinski definition) is 4. The molecule has 0 saturated heterocycles. The van der Waals surface area contributed by atoms with Crippen LogP contribution in [-0.2, 0) is 10.0 Å². The molecule has 220 valence electrons. The van der Waals surface area contributed by atoms with Crippen molar-refractivity contribution in [2.45, 2.75) is 4.90 Å². The number of ether oxygens (including phenoxy) is 1. The largest absolute Gasteiger partial charge is 0.480 e. The number of nitrogen functional groups attached to an aromatic ring is 1. The number of benzene rings is 3. The third-order valence-electron chi connectivity index (χ3n) is 6.51. The fraction of sp³-hybridized carbons (Fsp3) is 0.100. The molecular weight excluding hydrogens is 580 g/mol. The fourth-order valence-electron chi connectivity index (χ4n) is 4.41. The number of aliphatic hydroxyl groups is 1. The summed E-state index contributed by atoms with van der Waals surface area (Å²) in [5, 5.41) is 12.2. The Balaban J connectivity index is 1.49. The number of hydrogen-bond acceptors (Lipinski definition) is 8. The standard InChI is InChI=1S/C30H25F2N5O5S/c1-42-30-26(37-43(40,41)27-9-7-22(31)15-24(27)32)14-21(16-35-30)19-6-8-25-20(12-19)13-23(28(33)36-25)17-2-4-18(5-3-17)29(39)34-10-11-38/h2-9,12-16,37-38H,10-11H2,1H3,(H2,33,36)(H,34,39). The summed E-state index contributed by atoms with van der Waals surface area (Å²) in [6, 6.07) is 17.6. The van der Waals surface area contributed by atoms with Gasteiger partial charge in [-0.3, -0.25) is 9.52 Å². The number of methoxy groups -OCH3 is 1. The van der Waals surface area contributed by atoms with Crippen LogP contribution < -0.4 is 20.5 Å². The molecule has 5 N–H and O–H groups in total. The number of sulfonamides is 1. The first-order valence-electron chi connectivity index (χ1n) is 12.8. The Kier molecular flexibility index (Phi) is 8.19. The van der Waals surface area contributed by atoms with Crippen molar-refractivity contribution >= 4 is 38.3 Å². The van der Waals surface area contributed by atoms with Gasteiger partial charge >= 0.3 is 0 Å². The predicted molar refractivity (Wildman–Crippen MR) is 158 cm³/mol. The molecule has 2 aromatic heterocycles. The first kappa shape index (κ1) is 29.4. The fourth-order valence-corrected chi connectivity index (χ4v) is 5.52. The number of halogens is 2. The molecule has 10 nitrogen and oxygen atoms in total. The minimum absolute atomic E-state index is 0.0527. The molecule has 0 radical (unpaired) electrons. The lowest BCUT2D eigenvalue weighted by Crippen LogP contribution is -2.26. The molecule has 3 aromatic carbocycles. The molecule has 0 fully saturated rings. The Morgan fingerprint density at radius 1 is 0.977 bits per heavy atom. The number of carbonyl (C=O) groups is 1. The lowest BCUT2D eigenvalue weighted by atomic mass is 10.00. The normalized spacial score (nSPS) is 11.3.